The molecule has 2 N–H and O–H groups in total. The summed E-state index contributed by atoms with van der Waals surface area (Å²) in [5.74, 6) is 3.61. The second kappa shape index (κ2) is 25.0. The molecule has 4 unspecified atom stereocenters. The van der Waals surface area contributed by atoms with Gasteiger partial charge in [0, 0.05) is 87.3 Å². The fraction of sp³-hybridized carbons (Fsp3) is 0.527. The minimum Gasteiger partial charge on any atom is -0.467 e. The van der Waals surface area contributed by atoms with Gasteiger partial charge in [-0.2, -0.15) is 0 Å². The number of methoxy groups -OCH3 is 1. The number of carbonyl (C=O) groups is 5. The lowest BCUT2D eigenvalue weighted by molar-refractivity contribution is -0.144. The minimum atomic E-state index is -0.906. The van der Waals surface area contributed by atoms with Gasteiger partial charge in [0.2, 0.25) is 11.8 Å². The first kappa shape index (κ1) is 53.9. The summed E-state index contributed by atoms with van der Waals surface area (Å²) in [5, 5.41) is 5.82. The molecule has 2 aliphatic rings. The van der Waals surface area contributed by atoms with Gasteiger partial charge in [0.05, 0.1) is 24.1 Å². The lowest BCUT2D eigenvalue weighted by atomic mass is 9.84. The molecular weight excluding hydrogens is 871 g/mol. The number of carbonyl (C=O) groups excluding carboxylic acids is 5. The summed E-state index contributed by atoms with van der Waals surface area (Å²) in [6.07, 6.45) is 5.22. The van der Waals surface area contributed by atoms with Crippen LogP contribution in [-0.4, -0.2) is 113 Å². The molecule has 14 heteroatoms. The lowest BCUT2D eigenvalue weighted by Crippen LogP contribution is -2.59. The topological polar surface area (TPSA) is 155 Å². The SMILES string of the molecule is CC.CC#CC(=O)N(C)CCC1CCN(C(C(=O)NC(Cc2cccc(-c3ccc4c(c3)c(CC(C)(C)COC=O)c(-c3cccnc3C(C)OC)n4CC)c2)C(=O)N2CCCCN2)C(C)C)C1=O. The van der Waals surface area contributed by atoms with Gasteiger partial charge in [-0.05, 0) is 111 Å². The third-order valence-corrected chi connectivity index (χ3v) is 13.2. The molecule has 0 aliphatic carbocycles. The van der Waals surface area contributed by atoms with E-state index in [1.54, 1.807) is 37.2 Å². The van der Waals surface area contributed by atoms with Crippen molar-refractivity contribution in [3.05, 3.63) is 77.6 Å². The molecular formula is C55H75N7O7. The first-order valence-electron chi connectivity index (χ1n) is 24.7. The van der Waals surface area contributed by atoms with Crippen molar-refractivity contribution in [2.75, 3.05) is 46.9 Å². The summed E-state index contributed by atoms with van der Waals surface area (Å²) in [7, 11) is 3.36. The van der Waals surface area contributed by atoms with E-state index in [4.69, 9.17) is 14.5 Å². The zero-order chi connectivity index (χ0) is 50.4. The van der Waals surface area contributed by atoms with E-state index >= 15 is 0 Å². The Labute approximate surface area is 409 Å². The molecule has 2 aromatic heterocycles. The maximum Gasteiger partial charge on any atom is 0.298 e. The molecule has 0 spiro atoms. The van der Waals surface area contributed by atoms with Gasteiger partial charge in [-0.3, -0.25) is 34.0 Å². The molecule has 2 aromatic carbocycles. The van der Waals surface area contributed by atoms with E-state index < -0.39 is 17.5 Å². The van der Waals surface area contributed by atoms with E-state index in [1.807, 2.05) is 52.8 Å². The van der Waals surface area contributed by atoms with Crippen molar-refractivity contribution < 1.29 is 33.4 Å². The predicted molar refractivity (Wildman–Crippen MR) is 271 cm³/mol. The number of benzene rings is 2. The number of hydrogen-bond donors (Lipinski definition) is 2. The Kier molecular flexibility index (Phi) is 19.5. The van der Waals surface area contributed by atoms with Crippen LogP contribution < -0.4 is 10.7 Å². The molecule has 0 radical (unpaired) electrons. The van der Waals surface area contributed by atoms with Gasteiger partial charge < -0.3 is 29.2 Å². The van der Waals surface area contributed by atoms with Crippen LogP contribution in [0.4, 0.5) is 0 Å². The maximum atomic E-state index is 14.5. The van der Waals surface area contributed by atoms with Crippen LogP contribution >= 0.6 is 0 Å². The summed E-state index contributed by atoms with van der Waals surface area (Å²) in [4.78, 5) is 74.3. The molecule has 4 amide bonds. The van der Waals surface area contributed by atoms with Crippen LogP contribution in [0.1, 0.15) is 111 Å². The van der Waals surface area contributed by atoms with Crippen molar-refractivity contribution in [2.45, 2.75) is 126 Å². The molecule has 4 atom stereocenters. The molecule has 6 rings (SSSR count). The van der Waals surface area contributed by atoms with Crippen LogP contribution in [0.25, 0.3) is 33.3 Å². The number of nitrogens with one attached hydrogen (secondary N) is 2. The van der Waals surface area contributed by atoms with Crippen LogP contribution in [-0.2, 0) is 52.8 Å². The number of aryl methyl sites for hydroxylation is 1. The first-order valence-corrected chi connectivity index (χ1v) is 24.7. The summed E-state index contributed by atoms with van der Waals surface area (Å²) < 4.78 is 13.5. The van der Waals surface area contributed by atoms with Gasteiger partial charge >= 0.3 is 0 Å². The molecule has 372 valence electrons. The van der Waals surface area contributed by atoms with Crippen LogP contribution in [0.3, 0.4) is 0 Å². The van der Waals surface area contributed by atoms with Crippen LogP contribution in [0.15, 0.2) is 60.8 Å². The number of pyridine rings is 1. The molecule has 69 heavy (non-hydrogen) atoms. The number of likely N-dealkylation sites (tertiary alicyclic amines) is 1. The maximum absolute atomic E-state index is 14.5. The van der Waals surface area contributed by atoms with Gasteiger partial charge in [-0.25, -0.2) is 5.43 Å². The van der Waals surface area contributed by atoms with Crippen molar-refractivity contribution >= 4 is 41.0 Å². The van der Waals surface area contributed by atoms with Gasteiger partial charge in [0.15, 0.2) is 0 Å². The third-order valence-electron chi connectivity index (χ3n) is 13.2. The number of amides is 4. The number of fused-ring (bicyclic) bond motifs is 1. The van der Waals surface area contributed by atoms with Crippen molar-refractivity contribution in [3.63, 3.8) is 0 Å². The highest BCUT2D eigenvalue weighted by Crippen LogP contribution is 2.42. The standard InChI is InChI=1S/C53H69N7O7.C2H6/c1-10-16-46(62)57(8)27-22-38-23-28-59(51(38)64)48(35(3)4)50(63)56-44(52(65)60-26-13-12-25-55-60)30-37-17-14-18-39(29-37)40-20-21-45-42(31-40)43(32-53(6,7)33-67-34-61)49(58(45)11-2)41-19-15-24-54-47(41)36(5)66-9;1-2/h14-15,17-21,24,29,31,34-36,38,44,48,55H,11-13,22-23,25-28,30,32-33H2,1-9H3,(H,56,63);1-2H3. The van der Waals surface area contributed by atoms with Crippen LogP contribution in [0, 0.1) is 29.1 Å². The highest BCUT2D eigenvalue weighted by molar-refractivity contribution is 5.96. The Balaban J connectivity index is 0.00000438. The number of hydrazine groups is 1. The normalized spacial score (nSPS) is 16.2. The second-order valence-electron chi connectivity index (χ2n) is 19.0. The highest BCUT2D eigenvalue weighted by atomic mass is 16.5. The third kappa shape index (κ3) is 13.0. The van der Waals surface area contributed by atoms with E-state index in [0.717, 1.165) is 62.9 Å². The molecule has 2 aliphatic heterocycles. The number of hydrogen-bond acceptors (Lipinski definition) is 9. The Morgan fingerprint density at radius 2 is 1.80 bits per heavy atom. The van der Waals surface area contributed by atoms with E-state index in [0.29, 0.717) is 58.5 Å². The number of rotatable bonds is 20. The first-order chi connectivity index (χ1) is 33.1. The number of ether oxygens (including phenoxy) is 2. The summed E-state index contributed by atoms with van der Waals surface area (Å²) in [5.41, 5.74) is 10.7. The van der Waals surface area contributed by atoms with Crippen molar-refractivity contribution in [1.82, 2.24) is 35.1 Å². The zero-order valence-electron chi connectivity index (χ0n) is 42.8. The van der Waals surface area contributed by atoms with Crippen molar-refractivity contribution in [2.24, 2.45) is 17.3 Å². The van der Waals surface area contributed by atoms with Crippen molar-refractivity contribution in [1.29, 1.82) is 0 Å². The average molecular weight is 946 g/mol. The van der Waals surface area contributed by atoms with E-state index in [9.17, 15) is 24.0 Å². The van der Waals surface area contributed by atoms with Crippen LogP contribution in [0.5, 0.6) is 0 Å². The van der Waals surface area contributed by atoms with Gasteiger partial charge in [0.25, 0.3) is 18.3 Å². The molecule has 4 aromatic rings. The largest absolute Gasteiger partial charge is 0.467 e. The number of nitrogens with zero attached hydrogens (tertiary/aromatic N) is 5. The molecule has 0 saturated carbocycles. The second-order valence-corrected chi connectivity index (χ2v) is 19.0. The van der Waals surface area contributed by atoms with Gasteiger partial charge in [-0.1, -0.05) is 77.8 Å². The monoisotopic (exact) mass is 946 g/mol. The average Bonchev–Trinajstić information content (AvgIpc) is 3.87. The lowest BCUT2D eigenvalue weighted by Gasteiger charge is -2.34. The quantitative estimate of drug-likeness (QED) is 0.0668. The van der Waals surface area contributed by atoms with Crippen LogP contribution in [0.2, 0.25) is 0 Å². The fourth-order valence-electron chi connectivity index (χ4n) is 9.66. The molecule has 2 saturated heterocycles. The zero-order valence-corrected chi connectivity index (χ0v) is 42.8. The van der Waals surface area contributed by atoms with Gasteiger partial charge in [0.1, 0.15) is 12.1 Å². The van der Waals surface area contributed by atoms with E-state index in [1.165, 1.54) is 4.90 Å². The molecule has 4 heterocycles. The Bertz CT molecular complexity index is 2480. The fourth-order valence-corrected chi connectivity index (χ4v) is 9.66. The summed E-state index contributed by atoms with van der Waals surface area (Å²) in [6.45, 7) is 21.2. The Morgan fingerprint density at radius 1 is 1.04 bits per heavy atom. The summed E-state index contributed by atoms with van der Waals surface area (Å²) >= 11 is 0. The molecule has 14 nitrogen and oxygen atoms in total. The van der Waals surface area contributed by atoms with Crippen molar-refractivity contribution in [3.8, 4) is 34.2 Å². The number of aromatic nitrogens is 2. The molecule has 2 fully saturated rings. The Morgan fingerprint density at radius 3 is 2.46 bits per heavy atom. The smallest absolute Gasteiger partial charge is 0.298 e. The van der Waals surface area contributed by atoms with E-state index in [2.05, 4.69) is 84.3 Å². The highest BCUT2D eigenvalue weighted by Gasteiger charge is 2.41. The minimum absolute atomic E-state index is 0.116. The summed E-state index contributed by atoms with van der Waals surface area (Å²) in [6, 6.07) is 16.9. The predicted octanol–water partition coefficient (Wildman–Crippen LogP) is 7.76. The van der Waals surface area contributed by atoms with E-state index in [-0.39, 0.29) is 54.6 Å². The van der Waals surface area contributed by atoms with Gasteiger partial charge in [-0.15, -0.1) is 0 Å². The Hall–Kier alpha value is -6.04. The molecule has 0 bridgehead atoms.